The zero-order chi connectivity index (χ0) is 13.9. The topological polar surface area (TPSA) is 57.0 Å². The molecule has 1 aliphatic rings. The van der Waals surface area contributed by atoms with E-state index < -0.39 is 0 Å². The second kappa shape index (κ2) is 5.30. The molecule has 1 unspecified atom stereocenters. The second-order valence-electron chi connectivity index (χ2n) is 5.05. The number of hydrogen-bond donors (Lipinski definition) is 0. The average Bonchev–Trinajstić information content (AvgIpc) is 2.53. The Balaban J connectivity index is 2.12. The lowest BCUT2D eigenvalue weighted by atomic mass is 10.0. The molecule has 0 bridgehead atoms. The van der Waals surface area contributed by atoms with E-state index in [1.54, 1.807) is 6.07 Å². The first-order valence-corrected chi connectivity index (χ1v) is 6.85. The van der Waals surface area contributed by atoms with Crippen molar-refractivity contribution in [2.45, 2.75) is 25.3 Å². The van der Waals surface area contributed by atoms with Crippen LogP contribution >= 0.6 is 0 Å². The molecule has 1 atom stereocenters. The molecule has 2 aromatic rings. The molecule has 4 nitrogen and oxygen atoms in total. The minimum absolute atomic E-state index is 0.121. The molecule has 0 radical (unpaired) electrons. The van der Waals surface area contributed by atoms with Gasteiger partial charge in [0, 0.05) is 11.9 Å². The van der Waals surface area contributed by atoms with Crippen molar-refractivity contribution in [3.05, 3.63) is 35.9 Å². The highest BCUT2D eigenvalue weighted by atomic mass is 16.1. The number of nitriles is 1. The molecular formula is C16H15N3O. The van der Waals surface area contributed by atoms with E-state index in [1.807, 2.05) is 29.2 Å². The summed E-state index contributed by atoms with van der Waals surface area (Å²) in [4.78, 5) is 17.9. The van der Waals surface area contributed by atoms with Crippen LogP contribution in [0.3, 0.4) is 0 Å². The summed E-state index contributed by atoms with van der Waals surface area (Å²) < 4.78 is 0. The van der Waals surface area contributed by atoms with Gasteiger partial charge in [0.05, 0.1) is 23.2 Å². The van der Waals surface area contributed by atoms with Crippen LogP contribution in [0.15, 0.2) is 30.3 Å². The summed E-state index contributed by atoms with van der Waals surface area (Å²) in [5, 5.41) is 10.2. The monoisotopic (exact) mass is 265 g/mol. The van der Waals surface area contributed by atoms with Crippen LogP contribution in [0.4, 0.5) is 5.82 Å². The molecule has 1 aromatic carbocycles. The maximum absolute atomic E-state index is 11.2. The number of nitrogens with zero attached hydrogens (tertiary/aromatic N) is 3. The number of piperidine rings is 1. The van der Waals surface area contributed by atoms with Crippen molar-refractivity contribution < 1.29 is 4.79 Å². The Morgan fingerprint density at radius 3 is 3.00 bits per heavy atom. The van der Waals surface area contributed by atoms with E-state index in [2.05, 4.69) is 11.1 Å². The predicted octanol–water partition coefficient (Wildman–Crippen LogP) is 2.66. The van der Waals surface area contributed by atoms with Crippen molar-refractivity contribution in [3.63, 3.8) is 0 Å². The van der Waals surface area contributed by atoms with Gasteiger partial charge in [0.15, 0.2) is 0 Å². The van der Waals surface area contributed by atoms with Crippen LogP contribution in [0, 0.1) is 11.3 Å². The third-order valence-electron chi connectivity index (χ3n) is 3.82. The molecule has 0 spiro atoms. The molecule has 4 heteroatoms. The molecule has 20 heavy (non-hydrogen) atoms. The van der Waals surface area contributed by atoms with Crippen LogP contribution in [-0.4, -0.2) is 23.9 Å². The van der Waals surface area contributed by atoms with Gasteiger partial charge in [0.1, 0.15) is 12.1 Å². The number of hydrogen-bond acceptors (Lipinski definition) is 4. The molecule has 0 aliphatic carbocycles. The molecule has 1 fully saturated rings. The van der Waals surface area contributed by atoms with Gasteiger partial charge in [-0.25, -0.2) is 4.98 Å². The molecule has 1 aliphatic heterocycles. The highest BCUT2D eigenvalue weighted by molar-refractivity contribution is 5.86. The Bertz CT molecular complexity index is 690. The van der Waals surface area contributed by atoms with Gasteiger partial charge in [-0.1, -0.05) is 18.2 Å². The van der Waals surface area contributed by atoms with Gasteiger partial charge in [-0.2, -0.15) is 5.26 Å². The Hall–Kier alpha value is -2.41. The van der Waals surface area contributed by atoms with E-state index in [4.69, 9.17) is 0 Å². The van der Waals surface area contributed by atoms with Crippen LogP contribution in [-0.2, 0) is 4.79 Å². The number of carbonyl (C=O) groups excluding carboxylic acids is 1. The number of benzene rings is 1. The zero-order valence-electron chi connectivity index (χ0n) is 11.1. The van der Waals surface area contributed by atoms with E-state index in [1.165, 1.54) is 0 Å². The average molecular weight is 265 g/mol. The van der Waals surface area contributed by atoms with E-state index in [-0.39, 0.29) is 6.04 Å². The highest BCUT2D eigenvalue weighted by Crippen LogP contribution is 2.26. The minimum Gasteiger partial charge on any atom is -0.347 e. The fourth-order valence-electron chi connectivity index (χ4n) is 2.78. The minimum atomic E-state index is -0.121. The SMILES string of the molecule is N#Cc1cc(N2CCCCC2C=O)nc2ccccc12. The summed E-state index contributed by atoms with van der Waals surface area (Å²) in [5.74, 6) is 0.733. The fraction of sp³-hybridized carbons (Fsp3) is 0.312. The Morgan fingerprint density at radius 1 is 1.35 bits per heavy atom. The maximum atomic E-state index is 11.2. The lowest BCUT2D eigenvalue weighted by Crippen LogP contribution is -2.41. The molecule has 1 saturated heterocycles. The van der Waals surface area contributed by atoms with Crippen molar-refractivity contribution in [2.75, 3.05) is 11.4 Å². The molecule has 3 rings (SSSR count). The molecule has 0 N–H and O–H groups in total. The molecule has 100 valence electrons. The Kier molecular flexibility index (Phi) is 3.34. The third-order valence-corrected chi connectivity index (χ3v) is 3.82. The largest absolute Gasteiger partial charge is 0.347 e. The Morgan fingerprint density at radius 2 is 2.20 bits per heavy atom. The zero-order valence-corrected chi connectivity index (χ0v) is 11.1. The number of para-hydroxylation sites is 1. The van der Waals surface area contributed by atoms with E-state index in [0.29, 0.717) is 5.56 Å². The number of carbonyl (C=O) groups is 1. The van der Waals surface area contributed by atoms with E-state index >= 15 is 0 Å². The summed E-state index contributed by atoms with van der Waals surface area (Å²) in [6.45, 7) is 0.819. The lowest BCUT2D eigenvalue weighted by molar-refractivity contribution is -0.109. The third kappa shape index (κ3) is 2.12. The maximum Gasteiger partial charge on any atom is 0.142 e. The number of fused-ring (bicyclic) bond motifs is 1. The standard InChI is InChI=1S/C16H15N3O/c17-10-12-9-16(18-15-7-2-1-6-14(12)15)19-8-4-3-5-13(19)11-20/h1-2,6-7,9,11,13H,3-5,8H2. The number of aromatic nitrogens is 1. The van der Waals surface area contributed by atoms with Crippen LogP contribution in [0.2, 0.25) is 0 Å². The van der Waals surface area contributed by atoms with Crippen LogP contribution < -0.4 is 4.90 Å². The van der Waals surface area contributed by atoms with Crippen LogP contribution in [0.25, 0.3) is 10.9 Å². The first-order chi connectivity index (χ1) is 9.83. The molecule has 1 aromatic heterocycles. The first-order valence-electron chi connectivity index (χ1n) is 6.85. The summed E-state index contributed by atoms with van der Waals surface area (Å²) in [6, 6.07) is 11.5. The molecule has 0 amide bonds. The van der Waals surface area contributed by atoms with Gasteiger partial charge >= 0.3 is 0 Å². The number of rotatable bonds is 2. The number of anilines is 1. The summed E-state index contributed by atoms with van der Waals surface area (Å²) >= 11 is 0. The van der Waals surface area contributed by atoms with Crippen molar-refractivity contribution in [3.8, 4) is 6.07 Å². The van der Waals surface area contributed by atoms with Crippen molar-refractivity contribution >= 4 is 23.0 Å². The number of aldehydes is 1. The summed E-state index contributed by atoms with van der Waals surface area (Å²) in [6.07, 6.45) is 3.97. The van der Waals surface area contributed by atoms with Crippen LogP contribution in [0.5, 0.6) is 0 Å². The number of pyridine rings is 1. The van der Waals surface area contributed by atoms with Crippen molar-refractivity contribution in [1.29, 1.82) is 5.26 Å². The van der Waals surface area contributed by atoms with Gasteiger partial charge in [-0.05, 0) is 31.4 Å². The highest BCUT2D eigenvalue weighted by Gasteiger charge is 2.23. The fourth-order valence-corrected chi connectivity index (χ4v) is 2.78. The van der Waals surface area contributed by atoms with Gasteiger partial charge in [-0.15, -0.1) is 0 Å². The smallest absolute Gasteiger partial charge is 0.142 e. The summed E-state index contributed by atoms with van der Waals surface area (Å²) in [7, 11) is 0. The van der Waals surface area contributed by atoms with Crippen LogP contribution in [0.1, 0.15) is 24.8 Å². The van der Waals surface area contributed by atoms with E-state index in [9.17, 15) is 10.1 Å². The second-order valence-corrected chi connectivity index (χ2v) is 5.05. The van der Waals surface area contributed by atoms with Crippen molar-refractivity contribution in [1.82, 2.24) is 4.98 Å². The summed E-state index contributed by atoms with van der Waals surface area (Å²) in [5.41, 5.74) is 1.41. The molecule has 0 saturated carbocycles. The molecule has 2 heterocycles. The quantitative estimate of drug-likeness (QED) is 0.783. The van der Waals surface area contributed by atoms with Crippen molar-refractivity contribution in [2.24, 2.45) is 0 Å². The van der Waals surface area contributed by atoms with Gasteiger partial charge in [-0.3, -0.25) is 0 Å². The predicted molar refractivity (Wildman–Crippen MR) is 77.5 cm³/mol. The Labute approximate surface area is 117 Å². The normalized spacial score (nSPS) is 18.8. The van der Waals surface area contributed by atoms with Gasteiger partial charge in [0.2, 0.25) is 0 Å². The first kappa shape index (κ1) is 12.6. The molecular weight excluding hydrogens is 250 g/mol. The van der Waals surface area contributed by atoms with E-state index in [0.717, 1.165) is 48.8 Å². The lowest BCUT2D eigenvalue weighted by Gasteiger charge is -2.33. The van der Waals surface area contributed by atoms with Gasteiger partial charge in [0.25, 0.3) is 0 Å². The van der Waals surface area contributed by atoms with Gasteiger partial charge < -0.3 is 9.69 Å².